The quantitative estimate of drug-likeness (QED) is 0.0261. The van der Waals surface area contributed by atoms with Crippen molar-refractivity contribution < 1.29 is 85.4 Å². The Labute approximate surface area is 561 Å². The third-order valence-electron chi connectivity index (χ3n) is 15.1. The van der Waals surface area contributed by atoms with E-state index in [0.717, 1.165) is 38.5 Å². The molecule has 0 unspecified atom stereocenters. The Morgan fingerprint density at radius 2 is 0.663 bits per heavy atom. The number of esters is 2. The summed E-state index contributed by atoms with van der Waals surface area (Å²) >= 11 is 0. The van der Waals surface area contributed by atoms with Crippen LogP contribution in [0.25, 0.3) is 0 Å². The third-order valence-corrected chi connectivity index (χ3v) is 24.2. The van der Waals surface area contributed by atoms with Gasteiger partial charge in [-0.2, -0.15) is 0 Å². The summed E-state index contributed by atoms with van der Waals surface area (Å²) in [5.74, 6) is 16.2. The first kappa shape index (κ1) is 96.3. The lowest BCUT2D eigenvalue weighted by Gasteiger charge is -2.36. The predicted molar refractivity (Wildman–Crippen MR) is 372 cm³/mol. The second-order valence-electron chi connectivity index (χ2n) is 24.2. The van der Waals surface area contributed by atoms with E-state index in [4.69, 9.17) is 56.6 Å². The van der Waals surface area contributed by atoms with Gasteiger partial charge in [0.1, 0.15) is 25.4 Å². The number of carbonyl (C=O) groups excluding carboxylic acids is 5. The molecule has 92 heavy (non-hydrogen) atoms. The lowest BCUT2D eigenvalue weighted by Crippen LogP contribution is -2.42. The van der Waals surface area contributed by atoms with E-state index in [1.807, 2.05) is 0 Å². The van der Waals surface area contributed by atoms with Crippen LogP contribution in [0.3, 0.4) is 0 Å². The molecule has 0 radical (unpaired) electrons. The standard InChI is InChI=1S/C52H92N2O15Si2.C11H15NO3.6CH4/c1-51(2,3)70(7,8)68-39-33-62-43-46(44-63-34-40-69-71(9,10)52(4,5)6)65-36-30-59-29-35-64-45(41-60-31-37-66-49(57)23-21-47(55)53-25-17-13-11-14-18-26-53)42-61-32-38-67-50(58)24-22-48(56)54-27-19-15-12-16-20-28-54;13-10(6-7-11(14)15)12-8-4-2-1-3-5-9-12;;;;;;/h45-46H,13,15,17-44H2,1-10H3;2,4-9H2,(H,14,15);6*1H4. The molecular formula is C69H131N3O18Si2. The molecule has 21 nitrogen and oxygen atoms in total. The van der Waals surface area contributed by atoms with E-state index in [-0.39, 0.29) is 170 Å². The summed E-state index contributed by atoms with van der Waals surface area (Å²) in [6.45, 7) is 30.2. The van der Waals surface area contributed by atoms with Gasteiger partial charge in [-0.15, -0.1) is 35.5 Å². The number of amides is 3. The zero-order valence-electron chi connectivity index (χ0n) is 54.0. The molecule has 23 heteroatoms. The van der Waals surface area contributed by atoms with Crippen LogP contribution in [0.2, 0.25) is 36.3 Å². The van der Waals surface area contributed by atoms with E-state index >= 15 is 0 Å². The molecule has 0 aromatic carbocycles. The topological polar surface area (TPSA) is 234 Å². The minimum absolute atomic E-state index is 0. The second-order valence-corrected chi connectivity index (χ2v) is 33.8. The number of carbonyl (C=O) groups is 6. The van der Waals surface area contributed by atoms with Gasteiger partial charge in [0.15, 0.2) is 16.6 Å². The largest absolute Gasteiger partial charge is 0.481 e. The summed E-state index contributed by atoms with van der Waals surface area (Å²) in [7, 11) is -3.77. The first-order chi connectivity index (χ1) is 40.9. The zero-order chi connectivity index (χ0) is 63.5. The average molecular weight is 1350 g/mol. The van der Waals surface area contributed by atoms with Gasteiger partial charge < -0.3 is 71.3 Å². The number of hydrogen-bond donors (Lipinski definition) is 1. The molecule has 3 aliphatic rings. The smallest absolute Gasteiger partial charge is 0.306 e. The Kier molecular flexibility index (Phi) is 58.4. The Hall–Kier alpha value is -4.43. The van der Waals surface area contributed by atoms with Crippen LogP contribution in [-0.4, -0.2) is 229 Å². The van der Waals surface area contributed by atoms with Crippen LogP contribution in [0, 0.1) is 35.5 Å². The average Bonchev–Trinajstić information content (AvgIpc) is 0.996. The van der Waals surface area contributed by atoms with Crippen molar-refractivity contribution in [2.75, 3.05) is 145 Å². The van der Waals surface area contributed by atoms with Gasteiger partial charge in [0.2, 0.25) is 17.7 Å². The maximum Gasteiger partial charge on any atom is 0.306 e. The maximum atomic E-state index is 12.6. The Balaban J connectivity index is -0.00000105. The molecule has 0 saturated carbocycles. The van der Waals surface area contributed by atoms with Crippen LogP contribution in [0.5, 0.6) is 0 Å². The van der Waals surface area contributed by atoms with Crippen molar-refractivity contribution in [2.24, 2.45) is 0 Å². The molecular weight excluding hydrogens is 1210 g/mol. The van der Waals surface area contributed by atoms with Crippen molar-refractivity contribution >= 4 is 52.3 Å². The van der Waals surface area contributed by atoms with Crippen molar-refractivity contribution in [2.45, 2.75) is 231 Å². The van der Waals surface area contributed by atoms with E-state index in [9.17, 15) is 28.8 Å². The second kappa shape index (κ2) is 55.8. The van der Waals surface area contributed by atoms with Crippen LogP contribution in [0.4, 0.5) is 0 Å². The summed E-state index contributed by atoms with van der Waals surface area (Å²) in [6, 6.07) is 0. The van der Waals surface area contributed by atoms with Crippen LogP contribution >= 0.6 is 0 Å². The molecule has 3 heterocycles. The Bertz CT molecular complexity index is 2060. The number of nitrogens with zero attached hydrogens (tertiary/aromatic N) is 3. The highest BCUT2D eigenvalue weighted by atomic mass is 28.4. The van der Waals surface area contributed by atoms with E-state index in [2.05, 4.69) is 103 Å². The molecule has 0 spiro atoms. The third kappa shape index (κ3) is 46.6. The normalized spacial score (nSPS) is 14.2. The zero-order valence-corrected chi connectivity index (χ0v) is 56.0. The molecule has 538 valence electrons. The molecule has 3 rings (SSSR count). The number of carboxylic acid groups (broad SMARTS) is 1. The molecule has 0 bridgehead atoms. The summed E-state index contributed by atoms with van der Waals surface area (Å²) < 4.78 is 64.8. The van der Waals surface area contributed by atoms with Crippen LogP contribution in [0.1, 0.15) is 182 Å². The number of aliphatic carboxylic acids is 1. The van der Waals surface area contributed by atoms with Crippen molar-refractivity contribution in [1.29, 1.82) is 0 Å². The van der Waals surface area contributed by atoms with Gasteiger partial charge in [-0.25, -0.2) is 0 Å². The lowest BCUT2D eigenvalue weighted by molar-refractivity contribution is -0.149. The Morgan fingerprint density at radius 3 is 0.967 bits per heavy atom. The van der Waals surface area contributed by atoms with E-state index in [1.54, 1.807) is 14.7 Å². The number of hydrogen-bond acceptors (Lipinski definition) is 17. The minimum atomic E-state index is -1.88. The van der Waals surface area contributed by atoms with E-state index in [0.29, 0.717) is 111 Å². The molecule has 0 atom stereocenters. The minimum Gasteiger partial charge on any atom is -0.481 e. The fourth-order valence-electron chi connectivity index (χ4n) is 7.88. The summed E-state index contributed by atoms with van der Waals surface area (Å²) in [4.78, 5) is 77.2. The van der Waals surface area contributed by atoms with Crippen molar-refractivity contribution in [3.05, 3.63) is 0 Å². The van der Waals surface area contributed by atoms with Gasteiger partial charge in [-0.3, -0.25) is 28.8 Å². The highest BCUT2D eigenvalue weighted by molar-refractivity contribution is 6.74. The fraction of sp³-hybridized carbons (Fsp3) is 0.826. The van der Waals surface area contributed by atoms with Gasteiger partial charge in [-0.05, 0) is 55.5 Å². The fourth-order valence-corrected chi connectivity index (χ4v) is 9.94. The van der Waals surface area contributed by atoms with Crippen LogP contribution < -0.4 is 0 Å². The van der Waals surface area contributed by atoms with Gasteiger partial charge in [0.25, 0.3) is 0 Å². The molecule has 0 saturated heterocycles. The van der Waals surface area contributed by atoms with Crippen molar-refractivity contribution in [3.8, 4) is 35.5 Å². The van der Waals surface area contributed by atoms with Crippen LogP contribution in [0.15, 0.2) is 0 Å². The number of carboxylic acids is 1. The summed E-state index contributed by atoms with van der Waals surface area (Å²) in [5, 5.41) is 8.70. The molecule has 0 aromatic heterocycles. The van der Waals surface area contributed by atoms with Gasteiger partial charge >= 0.3 is 17.9 Å². The molecule has 0 fully saturated rings. The molecule has 3 aliphatic heterocycles. The molecule has 0 aliphatic carbocycles. The summed E-state index contributed by atoms with van der Waals surface area (Å²) in [5.41, 5.74) is 0. The highest BCUT2D eigenvalue weighted by Crippen LogP contribution is 2.37. The van der Waals surface area contributed by atoms with Gasteiger partial charge in [0.05, 0.1) is 112 Å². The van der Waals surface area contributed by atoms with E-state index in [1.165, 1.54) is 0 Å². The SMILES string of the molecule is C.C.C.C.C.C.CC(C)(C)[Si](C)(C)OCCOCC(COCCO[Si](C)(C)C(C)(C)C)OCCOCCOC(COCCOC(=O)CCC(=O)N1CCC#CCCC1)COCCOC(=O)CCC(=O)N1CCC#CCCC1.O=C(O)CCC(=O)N1CCC#CCCC1. The Morgan fingerprint density at radius 1 is 0.380 bits per heavy atom. The lowest BCUT2D eigenvalue weighted by atomic mass is 10.2. The maximum absolute atomic E-state index is 12.6. The van der Waals surface area contributed by atoms with E-state index < -0.39 is 40.6 Å². The first-order valence-electron chi connectivity index (χ1n) is 31.0. The highest BCUT2D eigenvalue weighted by Gasteiger charge is 2.38. The van der Waals surface area contributed by atoms with Crippen molar-refractivity contribution in [1.82, 2.24) is 14.7 Å². The molecule has 1 N–H and O–H groups in total. The molecule has 3 amide bonds. The van der Waals surface area contributed by atoms with Crippen LogP contribution in [-0.2, 0) is 80.3 Å². The number of rotatable bonds is 39. The van der Waals surface area contributed by atoms with Gasteiger partial charge in [0, 0.05) is 97.1 Å². The number of ether oxygens (including phenoxy) is 9. The first-order valence-corrected chi connectivity index (χ1v) is 36.9. The van der Waals surface area contributed by atoms with Gasteiger partial charge in [-0.1, -0.05) is 86.1 Å². The van der Waals surface area contributed by atoms with Crippen molar-refractivity contribution in [3.63, 3.8) is 0 Å². The molecule has 0 aromatic rings. The monoisotopic (exact) mass is 1350 g/mol. The summed E-state index contributed by atoms with van der Waals surface area (Å²) in [6.07, 6.45) is 6.18. The predicted octanol–water partition coefficient (Wildman–Crippen LogP) is 11.2.